The molecule has 104 valence electrons. The molecule has 0 unspecified atom stereocenters. The normalized spacial score (nSPS) is 11.1. The number of nitrogens with zero attached hydrogens (tertiary/aromatic N) is 3. The minimum atomic E-state index is 0.467. The van der Waals surface area contributed by atoms with Crippen molar-refractivity contribution in [3.8, 4) is 0 Å². The number of benzene rings is 2. The highest BCUT2D eigenvalue weighted by molar-refractivity contribution is 6.43. The molecule has 6 heteroatoms. The minimum Gasteiger partial charge on any atom is -0.260 e. The van der Waals surface area contributed by atoms with E-state index in [2.05, 4.69) is 20.5 Å². The van der Waals surface area contributed by atoms with Gasteiger partial charge >= 0.3 is 0 Å². The Bertz CT molecular complexity index is 818. The van der Waals surface area contributed by atoms with Crippen LogP contribution in [0, 0.1) is 0 Å². The van der Waals surface area contributed by atoms with E-state index in [9.17, 15) is 0 Å². The number of hydrogen-bond donors (Lipinski definition) is 1. The van der Waals surface area contributed by atoms with Gasteiger partial charge in [0.15, 0.2) is 5.82 Å². The van der Waals surface area contributed by atoms with Crippen molar-refractivity contribution in [1.82, 2.24) is 9.97 Å². The van der Waals surface area contributed by atoms with Crippen LogP contribution >= 0.6 is 23.2 Å². The summed E-state index contributed by atoms with van der Waals surface area (Å²) in [4.78, 5) is 8.69. The van der Waals surface area contributed by atoms with Crippen molar-refractivity contribution in [2.45, 2.75) is 0 Å². The van der Waals surface area contributed by atoms with Gasteiger partial charge in [0.05, 0.1) is 33.5 Å². The zero-order valence-electron chi connectivity index (χ0n) is 10.8. The summed E-state index contributed by atoms with van der Waals surface area (Å²) in [7, 11) is 0. The number of halogens is 2. The average molecular weight is 317 g/mol. The van der Waals surface area contributed by atoms with Gasteiger partial charge in [-0.25, -0.2) is 4.98 Å². The second-order valence-electron chi connectivity index (χ2n) is 4.26. The van der Waals surface area contributed by atoms with E-state index in [1.54, 1.807) is 18.5 Å². The van der Waals surface area contributed by atoms with Crippen molar-refractivity contribution in [3.63, 3.8) is 0 Å². The molecule has 0 spiro atoms. The largest absolute Gasteiger partial charge is 0.260 e. The van der Waals surface area contributed by atoms with E-state index < -0.39 is 0 Å². The SMILES string of the molecule is Clc1cccc(/C=N/Nc2cnc3ccccc3n2)c1Cl. The Morgan fingerprint density at radius 1 is 1.00 bits per heavy atom. The molecule has 3 rings (SSSR count). The lowest BCUT2D eigenvalue weighted by atomic mass is 10.2. The van der Waals surface area contributed by atoms with Crippen LogP contribution in [0.1, 0.15) is 5.56 Å². The van der Waals surface area contributed by atoms with Gasteiger partial charge in [0.25, 0.3) is 0 Å². The first-order chi connectivity index (χ1) is 10.2. The molecule has 1 heterocycles. The van der Waals surface area contributed by atoms with Crippen LogP contribution in [-0.2, 0) is 0 Å². The lowest BCUT2D eigenvalue weighted by Crippen LogP contribution is -1.95. The Hall–Kier alpha value is -2.17. The van der Waals surface area contributed by atoms with Gasteiger partial charge in [0, 0.05) is 5.56 Å². The molecule has 0 saturated carbocycles. The molecule has 3 aromatic rings. The number of hydrazone groups is 1. The number of hydrogen-bond acceptors (Lipinski definition) is 4. The van der Waals surface area contributed by atoms with E-state index >= 15 is 0 Å². The maximum absolute atomic E-state index is 6.07. The molecule has 0 atom stereocenters. The van der Waals surface area contributed by atoms with Crippen LogP contribution in [-0.4, -0.2) is 16.2 Å². The van der Waals surface area contributed by atoms with Gasteiger partial charge < -0.3 is 0 Å². The van der Waals surface area contributed by atoms with Gasteiger partial charge in [0.1, 0.15) is 0 Å². The molecule has 1 aromatic heterocycles. The van der Waals surface area contributed by atoms with Gasteiger partial charge in [-0.3, -0.25) is 10.4 Å². The summed E-state index contributed by atoms with van der Waals surface area (Å²) in [6.07, 6.45) is 3.21. The predicted octanol–water partition coefficient (Wildman–Crippen LogP) is 4.38. The summed E-state index contributed by atoms with van der Waals surface area (Å²) in [6.45, 7) is 0. The number of nitrogens with one attached hydrogen (secondary N) is 1. The van der Waals surface area contributed by atoms with Crippen LogP contribution in [0.3, 0.4) is 0 Å². The van der Waals surface area contributed by atoms with Crippen molar-refractivity contribution >= 4 is 46.3 Å². The molecule has 0 amide bonds. The van der Waals surface area contributed by atoms with Gasteiger partial charge in [-0.15, -0.1) is 0 Å². The van der Waals surface area contributed by atoms with Crippen molar-refractivity contribution in [2.75, 3.05) is 5.43 Å². The van der Waals surface area contributed by atoms with Gasteiger partial charge in [-0.1, -0.05) is 47.5 Å². The maximum Gasteiger partial charge on any atom is 0.165 e. The van der Waals surface area contributed by atoms with Gasteiger partial charge in [0.2, 0.25) is 0 Å². The first kappa shape index (κ1) is 13.8. The average Bonchev–Trinajstić information content (AvgIpc) is 2.51. The lowest BCUT2D eigenvalue weighted by Gasteiger charge is -2.02. The molecule has 0 saturated heterocycles. The predicted molar refractivity (Wildman–Crippen MR) is 87.2 cm³/mol. The van der Waals surface area contributed by atoms with Crippen molar-refractivity contribution in [3.05, 3.63) is 64.3 Å². The van der Waals surface area contributed by atoms with Crippen molar-refractivity contribution < 1.29 is 0 Å². The van der Waals surface area contributed by atoms with Crippen molar-refractivity contribution in [2.24, 2.45) is 5.10 Å². The third kappa shape index (κ3) is 3.12. The topological polar surface area (TPSA) is 50.2 Å². The summed E-state index contributed by atoms with van der Waals surface area (Å²) >= 11 is 12.0. The minimum absolute atomic E-state index is 0.467. The summed E-state index contributed by atoms with van der Waals surface area (Å²) in [5.74, 6) is 0.558. The molecule has 1 N–H and O–H groups in total. The number of rotatable bonds is 3. The number of fused-ring (bicyclic) bond motifs is 1. The van der Waals surface area contributed by atoms with Crippen LogP contribution in [0.2, 0.25) is 10.0 Å². The Kier molecular flexibility index (Phi) is 3.99. The standard InChI is InChI=1S/C15H10Cl2N4/c16-11-5-3-4-10(15(11)17)8-19-21-14-9-18-12-6-1-2-7-13(12)20-14/h1-9H,(H,20,21)/b19-8+. The quantitative estimate of drug-likeness (QED) is 0.576. The highest BCUT2D eigenvalue weighted by Gasteiger charge is 2.01. The van der Waals surface area contributed by atoms with E-state index in [4.69, 9.17) is 23.2 Å². The highest BCUT2D eigenvalue weighted by atomic mass is 35.5. The molecule has 0 radical (unpaired) electrons. The van der Waals surface area contributed by atoms with Crippen LogP contribution in [0.4, 0.5) is 5.82 Å². The van der Waals surface area contributed by atoms with Crippen LogP contribution in [0.15, 0.2) is 53.8 Å². The fourth-order valence-electron chi connectivity index (χ4n) is 1.80. The molecule has 0 fully saturated rings. The Balaban J connectivity index is 1.79. The zero-order chi connectivity index (χ0) is 14.7. The number of aromatic nitrogens is 2. The Morgan fingerprint density at radius 3 is 2.67 bits per heavy atom. The molecular weight excluding hydrogens is 307 g/mol. The fourth-order valence-corrected chi connectivity index (χ4v) is 2.16. The second-order valence-corrected chi connectivity index (χ2v) is 5.04. The second kappa shape index (κ2) is 6.08. The van der Waals surface area contributed by atoms with E-state index in [0.29, 0.717) is 15.9 Å². The molecule has 4 nitrogen and oxygen atoms in total. The molecule has 0 aliphatic rings. The maximum atomic E-state index is 6.07. The van der Waals surface area contributed by atoms with E-state index in [1.807, 2.05) is 36.4 Å². The summed E-state index contributed by atoms with van der Waals surface area (Å²) < 4.78 is 0. The first-order valence-corrected chi connectivity index (χ1v) is 6.94. The monoisotopic (exact) mass is 316 g/mol. The lowest BCUT2D eigenvalue weighted by molar-refractivity contribution is 1.22. The van der Waals surface area contributed by atoms with Crippen LogP contribution in [0.5, 0.6) is 0 Å². The molecule has 21 heavy (non-hydrogen) atoms. The van der Waals surface area contributed by atoms with Gasteiger partial charge in [-0.05, 0) is 18.2 Å². The van der Waals surface area contributed by atoms with E-state index in [0.717, 1.165) is 16.6 Å². The summed E-state index contributed by atoms with van der Waals surface area (Å²) in [6, 6.07) is 13.0. The Morgan fingerprint density at radius 2 is 1.81 bits per heavy atom. The zero-order valence-corrected chi connectivity index (χ0v) is 12.3. The van der Waals surface area contributed by atoms with Crippen molar-refractivity contribution in [1.29, 1.82) is 0 Å². The molecule has 0 aliphatic heterocycles. The van der Waals surface area contributed by atoms with E-state index in [-0.39, 0.29) is 0 Å². The molecule has 0 aliphatic carbocycles. The first-order valence-electron chi connectivity index (χ1n) is 6.19. The smallest absolute Gasteiger partial charge is 0.165 e. The molecular formula is C15H10Cl2N4. The van der Waals surface area contributed by atoms with Crippen LogP contribution in [0.25, 0.3) is 11.0 Å². The third-order valence-corrected chi connectivity index (χ3v) is 3.65. The summed E-state index contributed by atoms with van der Waals surface area (Å²) in [5.41, 5.74) is 5.20. The molecule has 2 aromatic carbocycles. The Labute approximate surface area is 131 Å². The number of anilines is 1. The van der Waals surface area contributed by atoms with Gasteiger partial charge in [-0.2, -0.15) is 5.10 Å². The van der Waals surface area contributed by atoms with E-state index in [1.165, 1.54) is 0 Å². The summed E-state index contributed by atoms with van der Waals surface area (Å²) in [5, 5.41) is 5.06. The fraction of sp³-hybridized carbons (Fsp3) is 0. The third-order valence-electron chi connectivity index (χ3n) is 2.81. The molecule has 0 bridgehead atoms. The van der Waals surface area contributed by atoms with Crippen LogP contribution < -0.4 is 5.43 Å². The highest BCUT2D eigenvalue weighted by Crippen LogP contribution is 2.24. The number of para-hydroxylation sites is 2.